The number of hydrogen-bond donors (Lipinski definition) is 4. The van der Waals surface area contributed by atoms with Crippen molar-refractivity contribution in [3.63, 3.8) is 0 Å². The summed E-state index contributed by atoms with van der Waals surface area (Å²) in [4.78, 5) is 0.264. The van der Waals surface area contributed by atoms with Gasteiger partial charge in [-0.3, -0.25) is 12.5 Å². The molecule has 0 aromatic heterocycles. The molecule has 0 spiro atoms. The second-order valence-corrected chi connectivity index (χ2v) is 28.0. The molecule has 4 N–H and O–H groups in total. The predicted molar refractivity (Wildman–Crippen MR) is 252 cm³/mol. The van der Waals surface area contributed by atoms with Gasteiger partial charge in [-0.25, -0.2) is 0 Å². The van der Waals surface area contributed by atoms with Crippen molar-refractivity contribution in [2.75, 3.05) is 52.9 Å². The van der Waals surface area contributed by atoms with Crippen LogP contribution in [0.4, 0.5) is 0 Å². The van der Waals surface area contributed by atoms with Crippen molar-refractivity contribution >= 4 is 38.7 Å². The van der Waals surface area contributed by atoms with Gasteiger partial charge in [0, 0.05) is 0 Å². The molecule has 382 valence electrons. The Morgan fingerprint density at radius 2 is 0.940 bits per heavy atom. The Kier molecular flexibility index (Phi) is 23.3. The molecule has 2 aliphatic heterocycles. The van der Waals surface area contributed by atoms with E-state index in [9.17, 15) is 30.4 Å². The van der Waals surface area contributed by atoms with Crippen molar-refractivity contribution in [3.05, 3.63) is 89.5 Å². The van der Waals surface area contributed by atoms with Crippen molar-refractivity contribution < 1.29 is 81.6 Å². The Bertz CT molecular complexity index is 2260. The van der Waals surface area contributed by atoms with E-state index in [0.29, 0.717) is 13.2 Å². The third-order valence-electron chi connectivity index (χ3n) is 10.2. The largest absolute Gasteiger partial charge is 0.414 e. The highest BCUT2D eigenvalue weighted by Crippen LogP contribution is 2.36. The van der Waals surface area contributed by atoms with Crippen molar-refractivity contribution in [2.45, 2.75) is 138 Å². The summed E-state index contributed by atoms with van der Waals surface area (Å²) in [5.74, 6) is -1.17. The highest BCUT2D eigenvalue weighted by molar-refractivity contribution is 7.87. The van der Waals surface area contributed by atoms with Crippen LogP contribution in [0.25, 0.3) is 0 Å². The van der Waals surface area contributed by atoms with Crippen LogP contribution in [0.1, 0.15) is 65.2 Å². The summed E-state index contributed by atoms with van der Waals surface area (Å²) < 4.78 is 113. The number of rotatable bonds is 17. The lowest BCUT2D eigenvalue weighted by molar-refractivity contribution is -0.142. The Hall–Kier alpha value is -2.75. The molecule has 2 aliphatic rings. The zero-order valence-electron chi connectivity index (χ0n) is 40.6. The van der Waals surface area contributed by atoms with E-state index in [-0.39, 0.29) is 58.4 Å². The lowest BCUT2D eigenvalue weighted by Crippen LogP contribution is -2.43. The zero-order chi connectivity index (χ0) is 51.1. The molecule has 2 saturated heterocycles. The minimum absolute atomic E-state index is 0.0293. The highest BCUT2D eigenvalue weighted by Gasteiger charge is 2.38. The average molecular weight is 1030 g/mol. The minimum atomic E-state index is -3.86. The Balaban J connectivity index is 0.000000319. The monoisotopic (exact) mass is 1020 g/mol. The molecule has 4 unspecified atom stereocenters. The Morgan fingerprint density at radius 1 is 0.597 bits per heavy atom. The number of ether oxygens (including phenoxy) is 4. The fraction of sp³-hybridized carbons (Fsp3) is 0.600. The molecule has 0 amide bonds. The smallest absolute Gasteiger partial charge is 0.297 e. The van der Waals surface area contributed by atoms with Gasteiger partial charge in [0.2, 0.25) is 0 Å². The number of hydrogen-bond acceptors (Lipinski definition) is 18. The molecule has 2 heterocycles. The summed E-state index contributed by atoms with van der Waals surface area (Å²) in [6, 6.07) is 19.1. The molecule has 3 aromatic rings. The van der Waals surface area contributed by atoms with Gasteiger partial charge in [-0.1, -0.05) is 73.9 Å². The van der Waals surface area contributed by atoms with Crippen LogP contribution in [0.5, 0.6) is 0 Å². The molecule has 0 aliphatic carbocycles. The first-order valence-corrected chi connectivity index (χ1v) is 28.6. The number of aryl methyl sites for hydroxylation is 3. The second-order valence-electron chi connectivity index (χ2n) is 18.3. The molecule has 0 saturated carbocycles. The summed E-state index contributed by atoms with van der Waals surface area (Å²) in [6.07, 6.45) is -2.67. The lowest BCUT2D eigenvalue weighted by Gasteiger charge is -2.36. The van der Waals surface area contributed by atoms with Crippen molar-refractivity contribution in [1.29, 1.82) is 0 Å². The summed E-state index contributed by atoms with van der Waals surface area (Å²) in [7, 11) is -13.4. The van der Waals surface area contributed by atoms with Gasteiger partial charge in [0.15, 0.2) is 19.9 Å². The van der Waals surface area contributed by atoms with Crippen LogP contribution in [0.15, 0.2) is 87.5 Å². The zero-order valence-corrected chi connectivity index (χ0v) is 44.1. The number of aliphatic hydroxyl groups excluding tert-OH is 4. The van der Waals surface area contributed by atoms with E-state index in [2.05, 4.69) is 38.0 Å². The van der Waals surface area contributed by atoms with Crippen LogP contribution in [0.2, 0.25) is 18.1 Å². The lowest BCUT2D eigenvalue weighted by atomic mass is 10.2. The van der Waals surface area contributed by atoms with E-state index in [1.54, 1.807) is 50.2 Å². The first-order chi connectivity index (χ1) is 30.7. The van der Waals surface area contributed by atoms with Gasteiger partial charge in [0.25, 0.3) is 30.4 Å². The van der Waals surface area contributed by atoms with Gasteiger partial charge in [-0.2, -0.15) is 25.3 Å². The fourth-order valence-electron chi connectivity index (χ4n) is 5.14. The summed E-state index contributed by atoms with van der Waals surface area (Å²) in [5.41, 5.74) is 2.90. The standard InChI is InChI=1S/C16H28O5SSi.C13H18O5S.C10H14O5S.C6H12O3/c1-13-7-9-15(10-8-13)22(18,19)20-11-14(17)12-21-23(5,6)16(2,3)4;1-10-4-6-12(7-5-10)19(14,15)17-9-11-8-16-13(2,3)18-11;1-8-2-4-10(5-3-8)16(13,14)15-7-9(12)6-11;1-6(2)8-4-5(3-7)9-6/h7-10,14,17H,11-12H2,1-6H3;4-7,11H,8-9H2,1-3H3;2-5,9,11-12H,6-7H2,1H3;5,7H,3-4H2,1-2H3. The van der Waals surface area contributed by atoms with Crippen LogP contribution in [-0.4, -0.2) is 143 Å². The molecule has 22 heteroatoms. The second kappa shape index (κ2) is 25.9. The van der Waals surface area contributed by atoms with E-state index >= 15 is 0 Å². The third-order valence-corrected chi connectivity index (χ3v) is 18.5. The van der Waals surface area contributed by atoms with Crippen LogP contribution in [0.3, 0.4) is 0 Å². The van der Waals surface area contributed by atoms with Crippen molar-refractivity contribution in [2.24, 2.45) is 0 Å². The Morgan fingerprint density at radius 3 is 1.24 bits per heavy atom. The van der Waals surface area contributed by atoms with Crippen molar-refractivity contribution in [3.8, 4) is 0 Å². The van der Waals surface area contributed by atoms with Crippen LogP contribution in [0, 0.1) is 20.8 Å². The van der Waals surface area contributed by atoms with Gasteiger partial charge >= 0.3 is 0 Å². The number of benzene rings is 3. The molecule has 18 nitrogen and oxygen atoms in total. The van der Waals surface area contributed by atoms with Gasteiger partial charge in [-0.15, -0.1) is 0 Å². The molecule has 67 heavy (non-hydrogen) atoms. The van der Waals surface area contributed by atoms with Crippen LogP contribution in [-0.2, 0) is 66.3 Å². The van der Waals surface area contributed by atoms with E-state index in [4.69, 9.17) is 47.1 Å². The third kappa shape index (κ3) is 21.8. The van der Waals surface area contributed by atoms with Gasteiger partial charge < -0.3 is 43.8 Å². The maximum atomic E-state index is 12.0. The molecular weight excluding hydrogens is 953 g/mol. The molecule has 3 aromatic carbocycles. The topological polar surface area (TPSA) is 257 Å². The quantitative estimate of drug-likeness (QED) is 0.101. The fourth-order valence-corrected chi connectivity index (χ4v) is 9.00. The minimum Gasteiger partial charge on any atom is -0.414 e. The van der Waals surface area contributed by atoms with Gasteiger partial charge in [0.1, 0.15) is 24.4 Å². The van der Waals surface area contributed by atoms with E-state index in [1.807, 2.05) is 34.6 Å². The summed E-state index contributed by atoms with van der Waals surface area (Å²) >= 11 is 0. The predicted octanol–water partition coefficient (Wildman–Crippen LogP) is 5.12. The molecule has 0 bridgehead atoms. The van der Waals surface area contributed by atoms with Crippen molar-refractivity contribution in [1.82, 2.24) is 0 Å². The first-order valence-electron chi connectivity index (χ1n) is 21.5. The van der Waals surface area contributed by atoms with E-state index in [1.165, 1.54) is 36.4 Å². The van der Waals surface area contributed by atoms with E-state index in [0.717, 1.165) is 16.7 Å². The molecule has 2 fully saturated rings. The van der Waals surface area contributed by atoms with Gasteiger partial charge in [-0.05, 0) is 103 Å². The maximum Gasteiger partial charge on any atom is 0.297 e. The normalized spacial score (nSPS) is 19.2. The summed E-state index contributed by atoms with van der Waals surface area (Å²) in [5, 5.41) is 36.0. The molecule has 4 atom stereocenters. The SMILES string of the molecule is CC1(C)OCC(CO)O1.Cc1ccc(S(=O)(=O)OCC(O)CO)cc1.Cc1ccc(S(=O)(=O)OCC(O)CO[Si](C)(C)C(C)(C)C)cc1.Cc1ccc(S(=O)(=O)OCC2COC(C)(C)O2)cc1. The average Bonchev–Trinajstić information content (AvgIpc) is 3.80. The first kappa shape index (κ1) is 60.4. The van der Waals surface area contributed by atoms with E-state index < -0.39 is 75.7 Å². The summed E-state index contributed by atoms with van der Waals surface area (Å²) in [6.45, 7) is 22.9. The van der Waals surface area contributed by atoms with Crippen LogP contribution < -0.4 is 0 Å². The molecular formula is C45H72O18S3Si. The maximum absolute atomic E-state index is 12.0. The van der Waals surface area contributed by atoms with Crippen LogP contribution >= 0.6 is 0 Å². The van der Waals surface area contributed by atoms with Gasteiger partial charge in [0.05, 0.1) is 67.5 Å². The molecule has 0 radical (unpaired) electrons. The Labute approximate surface area is 398 Å². The molecule has 5 rings (SSSR count). The number of aliphatic hydroxyl groups is 4. The highest BCUT2D eigenvalue weighted by atomic mass is 32.2.